The van der Waals surface area contributed by atoms with Gasteiger partial charge in [-0.25, -0.2) is 0 Å². The number of aromatic nitrogens is 1. The van der Waals surface area contributed by atoms with Crippen molar-refractivity contribution in [1.29, 1.82) is 0 Å². The Morgan fingerprint density at radius 1 is 1.08 bits per heavy atom. The minimum Gasteiger partial charge on any atom is -0.497 e. The summed E-state index contributed by atoms with van der Waals surface area (Å²) in [6.45, 7) is 2.77. The van der Waals surface area contributed by atoms with Crippen molar-refractivity contribution in [3.8, 4) is 22.8 Å². The van der Waals surface area contributed by atoms with Crippen LogP contribution >= 0.6 is 11.6 Å². The van der Waals surface area contributed by atoms with Crippen molar-refractivity contribution in [3.05, 3.63) is 46.5 Å². The second-order valence-corrected chi connectivity index (χ2v) is 6.87. The Kier molecular flexibility index (Phi) is 5.74. The molecule has 26 heavy (non-hydrogen) atoms. The molecular weight excluding hydrogens is 348 g/mol. The van der Waals surface area contributed by atoms with E-state index in [-0.39, 0.29) is 0 Å². The predicted molar refractivity (Wildman–Crippen MR) is 109 cm³/mol. The van der Waals surface area contributed by atoms with E-state index >= 15 is 0 Å². The molecule has 0 aliphatic carbocycles. The standard InChI is InChI=1S/C21H25ClN2O2/c1-13-10-14(22)11-18-16(6-4-5-9-23)21(24-20(13)18)17-8-7-15(25-2)12-19(17)26-3/h7-8,10-12,24H,4-6,9,23H2,1-3H3. The normalized spacial score (nSPS) is 11.1. The summed E-state index contributed by atoms with van der Waals surface area (Å²) in [5, 5.41) is 1.92. The van der Waals surface area contributed by atoms with Crippen molar-refractivity contribution in [3.63, 3.8) is 0 Å². The lowest BCUT2D eigenvalue weighted by molar-refractivity contribution is 0.395. The molecule has 3 aromatic rings. The topological polar surface area (TPSA) is 60.3 Å². The quantitative estimate of drug-likeness (QED) is 0.567. The molecule has 4 nitrogen and oxygen atoms in total. The number of fused-ring (bicyclic) bond motifs is 1. The van der Waals surface area contributed by atoms with Crippen LogP contribution in [0, 0.1) is 6.92 Å². The Balaban J connectivity index is 2.21. The van der Waals surface area contributed by atoms with Gasteiger partial charge in [0.1, 0.15) is 11.5 Å². The lowest BCUT2D eigenvalue weighted by atomic mass is 9.99. The van der Waals surface area contributed by atoms with Gasteiger partial charge in [-0.1, -0.05) is 11.6 Å². The molecule has 0 saturated heterocycles. The summed E-state index contributed by atoms with van der Waals surface area (Å²) >= 11 is 6.34. The van der Waals surface area contributed by atoms with Crippen LogP contribution in [0.25, 0.3) is 22.2 Å². The van der Waals surface area contributed by atoms with Crippen LogP contribution in [0.4, 0.5) is 0 Å². The summed E-state index contributed by atoms with van der Waals surface area (Å²) in [5.41, 5.74) is 11.3. The van der Waals surface area contributed by atoms with E-state index in [1.165, 1.54) is 10.9 Å². The van der Waals surface area contributed by atoms with Gasteiger partial charge >= 0.3 is 0 Å². The molecule has 0 bridgehead atoms. The first kappa shape index (κ1) is 18.6. The van der Waals surface area contributed by atoms with Gasteiger partial charge in [0.05, 0.1) is 19.9 Å². The van der Waals surface area contributed by atoms with Gasteiger partial charge < -0.3 is 20.2 Å². The van der Waals surface area contributed by atoms with Crippen molar-refractivity contribution in [2.75, 3.05) is 20.8 Å². The van der Waals surface area contributed by atoms with Crippen LogP contribution in [0.2, 0.25) is 5.02 Å². The van der Waals surface area contributed by atoms with Crippen molar-refractivity contribution < 1.29 is 9.47 Å². The Hall–Kier alpha value is -2.17. The molecule has 0 atom stereocenters. The molecule has 0 fully saturated rings. The molecule has 0 aliphatic heterocycles. The third-order valence-electron chi connectivity index (χ3n) is 4.74. The molecule has 0 unspecified atom stereocenters. The third-order valence-corrected chi connectivity index (χ3v) is 4.95. The van der Waals surface area contributed by atoms with Crippen LogP contribution in [0.1, 0.15) is 24.0 Å². The maximum absolute atomic E-state index is 6.34. The summed E-state index contributed by atoms with van der Waals surface area (Å²) in [6.07, 6.45) is 2.95. The van der Waals surface area contributed by atoms with Crippen LogP contribution < -0.4 is 15.2 Å². The predicted octanol–water partition coefficient (Wildman–Crippen LogP) is 5.10. The third kappa shape index (κ3) is 3.53. The average Bonchev–Trinajstić information content (AvgIpc) is 3.00. The molecule has 0 radical (unpaired) electrons. The number of nitrogens with one attached hydrogen (secondary N) is 1. The summed E-state index contributed by atoms with van der Waals surface area (Å²) in [7, 11) is 3.33. The van der Waals surface area contributed by atoms with Gasteiger partial charge in [0.2, 0.25) is 0 Å². The van der Waals surface area contributed by atoms with E-state index in [1.807, 2.05) is 30.3 Å². The number of ether oxygens (including phenoxy) is 2. The first-order valence-corrected chi connectivity index (χ1v) is 9.20. The maximum atomic E-state index is 6.34. The van der Waals surface area contributed by atoms with Crippen molar-refractivity contribution >= 4 is 22.5 Å². The van der Waals surface area contributed by atoms with Crippen molar-refractivity contribution in [1.82, 2.24) is 4.98 Å². The van der Waals surface area contributed by atoms with E-state index < -0.39 is 0 Å². The number of hydrogen-bond donors (Lipinski definition) is 2. The Bertz CT molecular complexity index is 918. The average molecular weight is 373 g/mol. The van der Waals surface area contributed by atoms with E-state index in [2.05, 4.69) is 11.9 Å². The number of H-pyrrole nitrogens is 1. The van der Waals surface area contributed by atoms with Crippen LogP contribution in [0.5, 0.6) is 11.5 Å². The molecule has 0 amide bonds. The van der Waals surface area contributed by atoms with Gasteiger partial charge in [-0.15, -0.1) is 0 Å². The first-order chi connectivity index (χ1) is 12.6. The van der Waals surface area contributed by atoms with Crippen LogP contribution in [0.15, 0.2) is 30.3 Å². The molecule has 0 spiro atoms. The van der Waals surface area contributed by atoms with Gasteiger partial charge in [-0.3, -0.25) is 0 Å². The number of methoxy groups -OCH3 is 2. The first-order valence-electron chi connectivity index (χ1n) is 8.82. The summed E-state index contributed by atoms with van der Waals surface area (Å²) in [5.74, 6) is 1.55. The highest BCUT2D eigenvalue weighted by Gasteiger charge is 2.18. The van der Waals surface area contributed by atoms with E-state index in [1.54, 1.807) is 14.2 Å². The minimum absolute atomic E-state index is 0.698. The van der Waals surface area contributed by atoms with Gasteiger partial charge in [0.25, 0.3) is 0 Å². The molecule has 1 heterocycles. The lowest BCUT2D eigenvalue weighted by Gasteiger charge is -2.11. The Labute approximate surface area is 159 Å². The van der Waals surface area contributed by atoms with Gasteiger partial charge in [0, 0.05) is 27.6 Å². The van der Waals surface area contributed by atoms with Gasteiger partial charge in [-0.05, 0) is 68.1 Å². The van der Waals surface area contributed by atoms with E-state index in [9.17, 15) is 0 Å². The van der Waals surface area contributed by atoms with Crippen molar-refractivity contribution in [2.45, 2.75) is 26.2 Å². The monoisotopic (exact) mass is 372 g/mol. The minimum atomic E-state index is 0.698. The number of aryl methyl sites for hydroxylation is 2. The number of rotatable bonds is 7. The fraction of sp³-hybridized carbons (Fsp3) is 0.333. The van der Waals surface area contributed by atoms with Crippen LogP contribution in [0.3, 0.4) is 0 Å². The van der Waals surface area contributed by atoms with E-state index in [0.29, 0.717) is 6.54 Å². The molecule has 0 aliphatic rings. The van der Waals surface area contributed by atoms with Gasteiger partial charge in [0.15, 0.2) is 0 Å². The number of nitrogens with two attached hydrogens (primary N) is 1. The molecule has 1 aromatic heterocycles. The largest absolute Gasteiger partial charge is 0.497 e. The zero-order chi connectivity index (χ0) is 18.7. The zero-order valence-corrected chi connectivity index (χ0v) is 16.2. The number of halogens is 1. The number of aromatic amines is 1. The molecular formula is C21H25ClN2O2. The molecule has 3 rings (SSSR count). The lowest BCUT2D eigenvalue weighted by Crippen LogP contribution is -1.99. The molecule has 0 saturated carbocycles. The highest BCUT2D eigenvalue weighted by atomic mass is 35.5. The van der Waals surface area contributed by atoms with E-state index in [0.717, 1.165) is 58.1 Å². The smallest absolute Gasteiger partial charge is 0.131 e. The number of hydrogen-bond acceptors (Lipinski definition) is 3. The fourth-order valence-corrected chi connectivity index (χ4v) is 3.70. The molecule has 138 valence electrons. The maximum Gasteiger partial charge on any atom is 0.131 e. The van der Waals surface area contributed by atoms with Gasteiger partial charge in [-0.2, -0.15) is 0 Å². The van der Waals surface area contributed by atoms with E-state index in [4.69, 9.17) is 26.8 Å². The van der Waals surface area contributed by atoms with Crippen LogP contribution in [-0.2, 0) is 6.42 Å². The second kappa shape index (κ2) is 8.02. The summed E-state index contributed by atoms with van der Waals surface area (Å²) in [4.78, 5) is 3.60. The Morgan fingerprint density at radius 3 is 2.58 bits per heavy atom. The van der Waals surface area contributed by atoms with Crippen molar-refractivity contribution in [2.24, 2.45) is 5.73 Å². The SMILES string of the molecule is COc1ccc(-c2[nH]c3c(C)cc(Cl)cc3c2CCCCN)c(OC)c1. The molecule has 5 heteroatoms. The number of unbranched alkanes of at least 4 members (excludes halogenated alkanes) is 1. The number of benzene rings is 2. The summed E-state index contributed by atoms with van der Waals surface area (Å²) < 4.78 is 11.0. The molecule has 2 aromatic carbocycles. The summed E-state index contributed by atoms with van der Waals surface area (Å²) in [6, 6.07) is 9.92. The van der Waals surface area contributed by atoms with Crippen LogP contribution in [-0.4, -0.2) is 25.7 Å². The zero-order valence-electron chi connectivity index (χ0n) is 15.5. The highest BCUT2D eigenvalue weighted by molar-refractivity contribution is 6.31. The second-order valence-electron chi connectivity index (χ2n) is 6.44. The fourth-order valence-electron chi connectivity index (χ4n) is 3.42. The molecule has 3 N–H and O–H groups in total. The highest BCUT2D eigenvalue weighted by Crippen LogP contribution is 2.39. The Morgan fingerprint density at radius 2 is 1.88 bits per heavy atom.